The van der Waals surface area contributed by atoms with Gasteiger partial charge < -0.3 is 5.11 Å². The van der Waals surface area contributed by atoms with Gasteiger partial charge in [-0.3, -0.25) is 4.68 Å². The Balaban J connectivity index is 2.14. The van der Waals surface area contributed by atoms with Crippen LogP contribution in [0.15, 0.2) is 24.0 Å². The Morgan fingerprint density at radius 1 is 1.64 bits per heavy atom. The lowest BCUT2D eigenvalue weighted by Crippen LogP contribution is -1.99. The van der Waals surface area contributed by atoms with Gasteiger partial charge in [-0.15, -0.1) is 11.3 Å². The fraction of sp³-hybridized carbons (Fsp3) is 0.125. The first kappa shape index (κ1) is 8.89. The number of carboxylic acid groups (broad SMARTS) is 1. The molecule has 2 rings (SSSR count). The summed E-state index contributed by atoms with van der Waals surface area (Å²) in [6.07, 6.45) is 4.53. The van der Waals surface area contributed by atoms with Crippen LogP contribution in [0.1, 0.15) is 15.4 Å². The summed E-state index contributed by atoms with van der Waals surface area (Å²) in [5, 5.41) is 15.4. The van der Waals surface area contributed by atoms with E-state index < -0.39 is 5.97 Å². The van der Waals surface area contributed by atoms with Crippen molar-refractivity contribution in [2.75, 3.05) is 0 Å². The number of carboxylic acids is 1. The van der Waals surface area contributed by atoms with Crippen LogP contribution in [-0.4, -0.2) is 25.8 Å². The molecule has 0 aliphatic heterocycles. The molecular weight excluding hydrogens is 202 g/mol. The molecule has 72 valence electrons. The van der Waals surface area contributed by atoms with E-state index in [0.29, 0.717) is 6.54 Å². The predicted molar refractivity (Wildman–Crippen MR) is 50.4 cm³/mol. The third-order valence-corrected chi connectivity index (χ3v) is 2.43. The van der Waals surface area contributed by atoms with E-state index in [-0.39, 0.29) is 5.56 Å². The lowest BCUT2D eigenvalue weighted by Gasteiger charge is -1.94. The SMILES string of the molecule is O=C(O)c1cnn(Cc2nccs2)c1. The minimum atomic E-state index is -0.963. The highest BCUT2D eigenvalue weighted by atomic mass is 32.1. The van der Waals surface area contributed by atoms with Crippen LogP contribution in [0.5, 0.6) is 0 Å². The molecule has 0 atom stereocenters. The average Bonchev–Trinajstić information content (AvgIpc) is 2.75. The van der Waals surface area contributed by atoms with Crippen molar-refractivity contribution in [2.45, 2.75) is 6.54 Å². The zero-order valence-corrected chi connectivity index (χ0v) is 7.94. The molecule has 0 unspecified atom stereocenters. The fourth-order valence-electron chi connectivity index (χ4n) is 1.03. The molecule has 0 aromatic carbocycles. The van der Waals surface area contributed by atoms with Gasteiger partial charge >= 0.3 is 5.97 Å². The van der Waals surface area contributed by atoms with Crippen molar-refractivity contribution in [3.8, 4) is 0 Å². The molecule has 2 aromatic heterocycles. The fourth-order valence-corrected chi connectivity index (χ4v) is 1.64. The number of hydrogen-bond acceptors (Lipinski definition) is 4. The molecular formula is C8H7N3O2S. The summed E-state index contributed by atoms with van der Waals surface area (Å²) in [5.41, 5.74) is 0.196. The van der Waals surface area contributed by atoms with Gasteiger partial charge in [-0.05, 0) is 0 Å². The summed E-state index contributed by atoms with van der Waals surface area (Å²) in [6.45, 7) is 0.519. The largest absolute Gasteiger partial charge is 0.478 e. The van der Waals surface area contributed by atoms with Gasteiger partial charge in [0.05, 0.1) is 18.3 Å². The highest BCUT2D eigenvalue weighted by molar-refractivity contribution is 7.09. The third kappa shape index (κ3) is 1.80. The minimum Gasteiger partial charge on any atom is -0.478 e. The molecule has 0 saturated heterocycles. The standard InChI is InChI=1S/C8H7N3O2S/c12-8(13)6-3-10-11(4-6)5-7-9-1-2-14-7/h1-4H,5H2,(H,12,13). The van der Waals surface area contributed by atoms with Crippen molar-refractivity contribution in [1.29, 1.82) is 0 Å². The van der Waals surface area contributed by atoms with E-state index in [1.54, 1.807) is 10.9 Å². The molecule has 0 aliphatic carbocycles. The summed E-state index contributed by atoms with van der Waals surface area (Å²) in [5.74, 6) is -0.963. The van der Waals surface area contributed by atoms with Crippen LogP contribution in [0.25, 0.3) is 0 Å². The second-order valence-corrected chi connectivity index (χ2v) is 3.64. The number of aromatic carboxylic acids is 1. The Bertz CT molecular complexity index is 435. The maximum atomic E-state index is 10.6. The van der Waals surface area contributed by atoms with Crippen LogP contribution in [-0.2, 0) is 6.54 Å². The second kappa shape index (κ2) is 3.59. The monoisotopic (exact) mass is 209 g/mol. The number of aromatic nitrogens is 3. The highest BCUT2D eigenvalue weighted by Gasteiger charge is 2.06. The van der Waals surface area contributed by atoms with E-state index in [9.17, 15) is 4.79 Å². The quantitative estimate of drug-likeness (QED) is 0.821. The molecule has 2 aromatic rings. The molecule has 2 heterocycles. The van der Waals surface area contributed by atoms with Crippen molar-refractivity contribution in [3.63, 3.8) is 0 Å². The van der Waals surface area contributed by atoms with E-state index in [1.807, 2.05) is 5.38 Å². The Morgan fingerprint density at radius 2 is 2.50 bits per heavy atom. The number of hydrogen-bond donors (Lipinski definition) is 1. The maximum Gasteiger partial charge on any atom is 0.338 e. The topological polar surface area (TPSA) is 68.0 Å². The Kier molecular flexibility index (Phi) is 2.28. The van der Waals surface area contributed by atoms with E-state index >= 15 is 0 Å². The van der Waals surface area contributed by atoms with Gasteiger partial charge in [0, 0.05) is 17.8 Å². The molecule has 0 bridgehead atoms. The summed E-state index contributed by atoms with van der Waals surface area (Å²) in [6, 6.07) is 0. The van der Waals surface area contributed by atoms with Gasteiger partial charge in [-0.1, -0.05) is 0 Å². The van der Waals surface area contributed by atoms with Gasteiger partial charge in [0.15, 0.2) is 0 Å². The highest BCUT2D eigenvalue weighted by Crippen LogP contribution is 2.06. The van der Waals surface area contributed by atoms with Gasteiger partial charge in [-0.2, -0.15) is 5.10 Å². The first-order chi connectivity index (χ1) is 6.75. The van der Waals surface area contributed by atoms with Crippen molar-refractivity contribution in [2.24, 2.45) is 0 Å². The molecule has 0 spiro atoms. The van der Waals surface area contributed by atoms with Crippen molar-refractivity contribution in [3.05, 3.63) is 34.5 Å². The third-order valence-electron chi connectivity index (χ3n) is 1.66. The molecule has 6 heteroatoms. The predicted octanol–water partition coefficient (Wildman–Crippen LogP) is 1.09. The van der Waals surface area contributed by atoms with Crippen LogP contribution < -0.4 is 0 Å². The number of rotatable bonds is 3. The molecule has 0 saturated carbocycles. The van der Waals surface area contributed by atoms with Crippen LogP contribution in [0.2, 0.25) is 0 Å². The van der Waals surface area contributed by atoms with Gasteiger partial charge in [-0.25, -0.2) is 9.78 Å². The molecule has 0 aliphatic rings. The van der Waals surface area contributed by atoms with Crippen LogP contribution in [0.3, 0.4) is 0 Å². The van der Waals surface area contributed by atoms with Crippen LogP contribution in [0, 0.1) is 0 Å². The Labute approximate surface area is 83.6 Å². The number of thiazole rings is 1. The average molecular weight is 209 g/mol. The van der Waals surface area contributed by atoms with E-state index in [0.717, 1.165) is 5.01 Å². The van der Waals surface area contributed by atoms with Crippen molar-refractivity contribution in [1.82, 2.24) is 14.8 Å². The van der Waals surface area contributed by atoms with Crippen LogP contribution >= 0.6 is 11.3 Å². The first-order valence-corrected chi connectivity index (χ1v) is 4.78. The normalized spacial score (nSPS) is 10.3. The zero-order valence-electron chi connectivity index (χ0n) is 7.12. The Morgan fingerprint density at radius 3 is 3.07 bits per heavy atom. The molecule has 5 nitrogen and oxygen atoms in total. The van der Waals surface area contributed by atoms with Gasteiger partial charge in [0.1, 0.15) is 5.01 Å². The van der Waals surface area contributed by atoms with E-state index in [4.69, 9.17) is 5.11 Å². The maximum absolute atomic E-state index is 10.6. The summed E-state index contributed by atoms with van der Waals surface area (Å²) >= 11 is 1.52. The zero-order chi connectivity index (χ0) is 9.97. The molecule has 0 radical (unpaired) electrons. The van der Waals surface area contributed by atoms with E-state index in [1.165, 1.54) is 23.7 Å². The molecule has 14 heavy (non-hydrogen) atoms. The second-order valence-electron chi connectivity index (χ2n) is 2.66. The molecule has 1 N–H and O–H groups in total. The minimum absolute atomic E-state index is 0.196. The number of nitrogens with zero attached hydrogens (tertiary/aromatic N) is 3. The Hall–Kier alpha value is -1.69. The molecule has 0 amide bonds. The first-order valence-electron chi connectivity index (χ1n) is 3.90. The number of carbonyl (C=O) groups is 1. The van der Waals surface area contributed by atoms with Crippen molar-refractivity contribution < 1.29 is 9.90 Å². The van der Waals surface area contributed by atoms with Gasteiger partial charge in [0.2, 0.25) is 0 Å². The van der Waals surface area contributed by atoms with Crippen LogP contribution in [0.4, 0.5) is 0 Å². The molecule has 0 fully saturated rings. The summed E-state index contributed by atoms with van der Waals surface area (Å²) in [7, 11) is 0. The van der Waals surface area contributed by atoms with Crippen molar-refractivity contribution >= 4 is 17.3 Å². The smallest absolute Gasteiger partial charge is 0.338 e. The summed E-state index contributed by atoms with van der Waals surface area (Å²) < 4.78 is 1.56. The lowest BCUT2D eigenvalue weighted by atomic mass is 10.4. The lowest BCUT2D eigenvalue weighted by molar-refractivity contribution is 0.0697. The van der Waals surface area contributed by atoms with Gasteiger partial charge in [0.25, 0.3) is 0 Å². The summed E-state index contributed by atoms with van der Waals surface area (Å²) in [4.78, 5) is 14.6. The van der Waals surface area contributed by atoms with E-state index in [2.05, 4.69) is 10.1 Å².